The summed E-state index contributed by atoms with van der Waals surface area (Å²) in [7, 11) is -2.12. The summed E-state index contributed by atoms with van der Waals surface area (Å²) < 4.78 is 27.8. The van der Waals surface area contributed by atoms with E-state index in [9.17, 15) is 13.2 Å². The first-order chi connectivity index (χ1) is 13.8. The van der Waals surface area contributed by atoms with Crippen molar-refractivity contribution in [1.82, 2.24) is 0 Å². The van der Waals surface area contributed by atoms with Crippen molar-refractivity contribution in [3.63, 3.8) is 0 Å². The Morgan fingerprint density at radius 2 is 1.52 bits per heavy atom. The van der Waals surface area contributed by atoms with Crippen LogP contribution in [-0.2, 0) is 21.2 Å². The molecule has 0 saturated heterocycles. The molecule has 0 saturated carbocycles. The summed E-state index contributed by atoms with van der Waals surface area (Å²) in [5.74, 6) is -0.138. The van der Waals surface area contributed by atoms with Crippen molar-refractivity contribution in [1.29, 1.82) is 0 Å². The number of hydrogen-bond donors (Lipinski definition) is 1. The second-order valence-corrected chi connectivity index (χ2v) is 9.57. The Morgan fingerprint density at radius 3 is 2.10 bits per heavy atom. The molecule has 0 aromatic heterocycles. The Morgan fingerprint density at radius 1 is 0.931 bits per heavy atom. The summed E-state index contributed by atoms with van der Waals surface area (Å²) in [6.07, 6.45) is 0.199. The molecule has 0 spiro atoms. The summed E-state index contributed by atoms with van der Waals surface area (Å²) >= 11 is 3.36. The lowest BCUT2D eigenvalue weighted by Gasteiger charge is -2.20. The van der Waals surface area contributed by atoms with Crippen molar-refractivity contribution in [2.45, 2.75) is 18.2 Å². The molecule has 0 atom stereocenters. The third-order valence-electron chi connectivity index (χ3n) is 4.47. The van der Waals surface area contributed by atoms with Crippen molar-refractivity contribution < 1.29 is 13.2 Å². The second-order valence-electron chi connectivity index (χ2n) is 6.68. The Kier molecular flexibility index (Phi) is 6.39. The maximum Gasteiger partial charge on any atom is 0.264 e. The van der Waals surface area contributed by atoms with E-state index in [1.807, 2.05) is 31.2 Å². The molecular formula is C22H21BrN2O3S. The number of hydrogen-bond acceptors (Lipinski definition) is 3. The van der Waals surface area contributed by atoms with Crippen LogP contribution in [-0.4, -0.2) is 21.4 Å². The van der Waals surface area contributed by atoms with Crippen LogP contribution in [0.1, 0.15) is 11.1 Å². The van der Waals surface area contributed by atoms with Gasteiger partial charge in [0.25, 0.3) is 10.0 Å². The van der Waals surface area contributed by atoms with Gasteiger partial charge in [0, 0.05) is 17.2 Å². The maximum absolute atomic E-state index is 12.8. The smallest absolute Gasteiger partial charge is 0.264 e. The SMILES string of the molecule is Cc1ccc(S(=O)(=O)N(C)c2ccc(CC(=O)Nc3ccc(Br)cc3)cc2)cc1. The highest BCUT2D eigenvalue weighted by molar-refractivity contribution is 9.10. The van der Waals surface area contributed by atoms with Gasteiger partial charge in [-0.1, -0.05) is 45.8 Å². The number of rotatable bonds is 6. The van der Waals surface area contributed by atoms with Crippen molar-refractivity contribution in [2.75, 3.05) is 16.7 Å². The predicted octanol–water partition coefficient (Wildman–Crippen LogP) is 4.76. The Bertz CT molecular complexity index is 1090. The summed E-state index contributed by atoms with van der Waals surface area (Å²) in [6.45, 7) is 1.91. The number of nitrogens with one attached hydrogen (secondary N) is 1. The number of carbonyl (C=O) groups is 1. The minimum absolute atomic E-state index is 0.138. The molecule has 0 aliphatic heterocycles. The fourth-order valence-electron chi connectivity index (χ4n) is 2.75. The monoisotopic (exact) mass is 472 g/mol. The molecule has 3 aromatic carbocycles. The van der Waals surface area contributed by atoms with Crippen LogP contribution in [0.5, 0.6) is 0 Å². The molecule has 29 heavy (non-hydrogen) atoms. The van der Waals surface area contributed by atoms with E-state index < -0.39 is 10.0 Å². The molecule has 0 bridgehead atoms. The van der Waals surface area contributed by atoms with Crippen molar-refractivity contribution in [3.05, 3.63) is 88.4 Å². The molecule has 7 heteroatoms. The van der Waals surface area contributed by atoms with Gasteiger partial charge in [-0.05, 0) is 61.0 Å². The van der Waals surface area contributed by atoms with E-state index in [1.54, 1.807) is 48.5 Å². The van der Waals surface area contributed by atoms with E-state index >= 15 is 0 Å². The van der Waals surface area contributed by atoms with Crippen LogP contribution >= 0.6 is 15.9 Å². The van der Waals surface area contributed by atoms with Gasteiger partial charge in [-0.2, -0.15) is 0 Å². The molecule has 0 unspecified atom stereocenters. The van der Waals surface area contributed by atoms with Gasteiger partial charge in [-0.25, -0.2) is 8.42 Å². The standard InChI is InChI=1S/C22H21BrN2O3S/c1-16-3-13-21(14-4-16)29(27,28)25(2)20-11-5-17(6-12-20)15-22(26)24-19-9-7-18(23)8-10-19/h3-14H,15H2,1-2H3,(H,24,26). The molecule has 1 amide bonds. The minimum atomic E-state index is -3.64. The zero-order valence-corrected chi connectivity index (χ0v) is 18.5. The highest BCUT2D eigenvalue weighted by Crippen LogP contribution is 2.23. The molecule has 5 nitrogen and oxygen atoms in total. The number of aryl methyl sites for hydroxylation is 1. The van der Waals surface area contributed by atoms with Gasteiger partial charge < -0.3 is 5.32 Å². The molecule has 3 rings (SSSR count). The zero-order valence-electron chi connectivity index (χ0n) is 16.1. The first-order valence-corrected chi connectivity index (χ1v) is 11.2. The summed E-state index contributed by atoms with van der Waals surface area (Å²) in [5, 5.41) is 2.84. The molecule has 3 aromatic rings. The van der Waals surface area contributed by atoms with Crippen molar-refractivity contribution in [2.24, 2.45) is 0 Å². The Hall–Kier alpha value is -2.64. The van der Waals surface area contributed by atoms with Crippen LogP contribution in [0.3, 0.4) is 0 Å². The predicted molar refractivity (Wildman–Crippen MR) is 120 cm³/mol. The molecule has 0 aliphatic carbocycles. The van der Waals surface area contributed by atoms with Crippen LogP contribution < -0.4 is 9.62 Å². The van der Waals surface area contributed by atoms with Crippen LogP contribution in [0.2, 0.25) is 0 Å². The third-order valence-corrected chi connectivity index (χ3v) is 6.80. The third kappa shape index (κ3) is 5.25. The first kappa shape index (κ1) is 21.1. The van der Waals surface area contributed by atoms with Crippen LogP contribution in [0.25, 0.3) is 0 Å². The Balaban J connectivity index is 1.68. The number of halogens is 1. The van der Waals surface area contributed by atoms with Gasteiger partial charge in [-0.15, -0.1) is 0 Å². The average Bonchev–Trinajstić information content (AvgIpc) is 2.70. The van der Waals surface area contributed by atoms with Gasteiger partial charge in [0.2, 0.25) is 5.91 Å². The number of anilines is 2. The fraction of sp³-hybridized carbons (Fsp3) is 0.136. The normalized spacial score (nSPS) is 11.1. The van der Waals surface area contributed by atoms with Gasteiger partial charge >= 0.3 is 0 Å². The molecule has 0 radical (unpaired) electrons. The van der Waals surface area contributed by atoms with Gasteiger partial charge in [0.05, 0.1) is 17.0 Å². The van der Waals surface area contributed by atoms with E-state index in [0.717, 1.165) is 21.3 Å². The number of sulfonamides is 1. The quantitative estimate of drug-likeness (QED) is 0.561. The number of carbonyl (C=O) groups excluding carboxylic acids is 1. The fourth-order valence-corrected chi connectivity index (χ4v) is 4.21. The molecular weight excluding hydrogens is 452 g/mol. The van der Waals surface area contributed by atoms with Crippen molar-refractivity contribution >= 4 is 43.2 Å². The molecule has 0 heterocycles. The number of nitrogens with zero attached hydrogens (tertiary/aromatic N) is 1. The van der Waals surface area contributed by atoms with Crippen LogP contribution in [0, 0.1) is 6.92 Å². The van der Waals surface area contributed by atoms with E-state index in [4.69, 9.17) is 0 Å². The minimum Gasteiger partial charge on any atom is -0.326 e. The lowest BCUT2D eigenvalue weighted by atomic mass is 10.1. The summed E-state index contributed by atoms with van der Waals surface area (Å²) in [5.41, 5.74) is 3.04. The zero-order chi connectivity index (χ0) is 21.0. The summed E-state index contributed by atoms with van der Waals surface area (Å²) in [4.78, 5) is 12.5. The highest BCUT2D eigenvalue weighted by atomic mass is 79.9. The molecule has 0 fully saturated rings. The maximum atomic E-state index is 12.8. The number of benzene rings is 3. The topological polar surface area (TPSA) is 66.5 Å². The molecule has 1 N–H and O–H groups in total. The van der Waals surface area contributed by atoms with E-state index in [2.05, 4.69) is 21.2 Å². The largest absolute Gasteiger partial charge is 0.326 e. The highest BCUT2D eigenvalue weighted by Gasteiger charge is 2.21. The molecule has 150 valence electrons. The lowest BCUT2D eigenvalue weighted by molar-refractivity contribution is -0.115. The van der Waals surface area contributed by atoms with Crippen LogP contribution in [0.4, 0.5) is 11.4 Å². The van der Waals surface area contributed by atoms with Gasteiger partial charge in [-0.3, -0.25) is 9.10 Å². The van der Waals surface area contributed by atoms with Gasteiger partial charge in [0.1, 0.15) is 0 Å². The average molecular weight is 473 g/mol. The van der Waals surface area contributed by atoms with Crippen LogP contribution in [0.15, 0.2) is 82.2 Å². The Labute approximate surface area is 179 Å². The van der Waals surface area contributed by atoms with E-state index in [0.29, 0.717) is 5.69 Å². The first-order valence-electron chi connectivity index (χ1n) is 8.96. The second kappa shape index (κ2) is 8.80. The summed E-state index contributed by atoms with van der Waals surface area (Å²) in [6, 6.07) is 21.0. The van der Waals surface area contributed by atoms with Crippen molar-refractivity contribution in [3.8, 4) is 0 Å². The van der Waals surface area contributed by atoms with Gasteiger partial charge in [0.15, 0.2) is 0 Å². The number of amides is 1. The van der Waals surface area contributed by atoms with E-state index in [-0.39, 0.29) is 17.2 Å². The lowest BCUT2D eigenvalue weighted by Crippen LogP contribution is -2.26. The van der Waals surface area contributed by atoms with E-state index in [1.165, 1.54) is 11.4 Å². The molecule has 0 aliphatic rings.